The number of hydrogen-bond acceptors (Lipinski definition) is 4. The van der Waals surface area contributed by atoms with E-state index >= 15 is 0 Å². The first kappa shape index (κ1) is 22.0. The summed E-state index contributed by atoms with van der Waals surface area (Å²) in [5, 5.41) is 4.39. The van der Waals surface area contributed by atoms with Gasteiger partial charge < -0.3 is 9.64 Å². The molecule has 6 nitrogen and oxygen atoms in total. The molecule has 0 atom stereocenters. The molecule has 1 amide bonds. The lowest BCUT2D eigenvalue weighted by Gasteiger charge is -2.34. The molecule has 0 aliphatic carbocycles. The van der Waals surface area contributed by atoms with Crippen LogP contribution in [0.2, 0.25) is 0 Å². The molecule has 1 aliphatic rings. The number of ether oxygens (including phenoxy) is 1. The van der Waals surface area contributed by atoms with Gasteiger partial charge in [-0.25, -0.2) is 9.07 Å². The molecule has 4 rings (SSSR count). The highest BCUT2D eigenvalue weighted by molar-refractivity contribution is 5.92. The number of carbonyl (C=O) groups excluding carboxylic acids is 1. The number of hydrogen-bond donors (Lipinski definition) is 0. The summed E-state index contributed by atoms with van der Waals surface area (Å²) in [6.45, 7) is 8.16. The normalized spacial score (nSPS) is 14.7. The van der Waals surface area contributed by atoms with Gasteiger partial charge in [-0.05, 0) is 47.4 Å². The van der Waals surface area contributed by atoms with E-state index in [0.29, 0.717) is 24.7 Å². The fourth-order valence-electron chi connectivity index (χ4n) is 3.76. The smallest absolute Gasteiger partial charge is 0.274 e. The zero-order valence-corrected chi connectivity index (χ0v) is 18.6. The molecule has 2 heterocycles. The third kappa shape index (κ3) is 5.53. The van der Waals surface area contributed by atoms with Gasteiger partial charge in [0.25, 0.3) is 5.91 Å². The summed E-state index contributed by atoms with van der Waals surface area (Å²) >= 11 is 0. The summed E-state index contributed by atoms with van der Waals surface area (Å²) in [5.74, 6) is 0.966. The van der Waals surface area contributed by atoms with E-state index in [-0.39, 0.29) is 18.5 Å². The minimum absolute atomic E-state index is 0.0635. The Bertz CT molecular complexity index is 1020. The van der Waals surface area contributed by atoms with Crippen molar-refractivity contribution in [2.75, 3.05) is 26.2 Å². The van der Waals surface area contributed by atoms with Crippen molar-refractivity contribution in [2.24, 2.45) is 0 Å². The number of halogens is 1. The highest BCUT2D eigenvalue weighted by Crippen LogP contribution is 2.19. The summed E-state index contributed by atoms with van der Waals surface area (Å²) in [6.07, 6.45) is 1.76. The first-order chi connectivity index (χ1) is 15.5. The average molecular weight is 437 g/mol. The minimum atomic E-state index is -0.224. The van der Waals surface area contributed by atoms with Gasteiger partial charge in [0.1, 0.15) is 11.6 Å². The van der Waals surface area contributed by atoms with Crippen LogP contribution in [0.25, 0.3) is 0 Å². The predicted octanol–water partition coefficient (Wildman–Crippen LogP) is 4.14. The van der Waals surface area contributed by atoms with Crippen molar-refractivity contribution in [3.05, 3.63) is 83.4 Å². The van der Waals surface area contributed by atoms with Crippen molar-refractivity contribution in [3.63, 3.8) is 0 Å². The molecule has 0 N–H and O–H groups in total. The molecular weight excluding hydrogens is 407 g/mol. The third-order valence-corrected chi connectivity index (χ3v) is 5.75. The zero-order valence-electron chi connectivity index (χ0n) is 18.6. The third-order valence-electron chi connectivity index (χ3n) is 5.75. The van der Waals surface area contributed by atoms with E-state index in [9.17, 15) is 9.18 Å². The summed E-state index contributed by atoms with van der Waals surface area (Å²) in [5.41, 5.74) is 2.77. The number of piperazine rings is 1. The first-order valence-electron chi connectivity index (χ1n) is 11.0. The van der Waals surface area contributed by atoms with Crippen molar-refractivity contribution in [3.8, 4) is 5.75 Å². The highest BCUT2D eigenvalue weighted by atomic mass is 19.1. The van der Waals surface area contributed by atoms with Crippen LogP contribution in [0, 0.1) is 5.82 Å². The number of nitrogens with zero attached hydrogens (tertiary/aromatic N) is 4. The minimum Gasteiger partial charge on any atom is -0.471 e. The van der Waals surface area contributed by atoms with Gasteiger partial charge in [-0.1, -0.05) is 38.1 Å². The van der Waals surface area contributed by atoms with Crippen LogP contribution < -0.4 is 4.74 Å². The van der Waals surface area contributed by atoms with Crippen LogP contribution in [-0.4, -0.2) is 51.7 Å². The van der Waals surface area contributed by atoms with Gasteiger partial charge in [0, 0.05) is 38.9 Å². The number of amides is 1. The predicted molar refractivity (Wildman–Crippen MR) is 121 cm³/mol. The van der Waals surface area contributed by atoms with Gasteiger partial charge in [-0.3, -0.25) is 9.69 Å². The molecule has 1 aliphatic heterocycles. The average Bonchev–Trinajstić information content (AvgIpc) is 3.29. The molecule has 7 heteroatoms. The summed E-state index contributed by atoms with van der Waals surface area (Å²) in [7, 11) is 0. The topological polar surface area (TPSA) is 50.6 Å². The van der Waals surface area contributed by atoms with Gasteiger partial charge in [0.15, 0.2) is 12.4 Å². The summed E-state index contributed by atoms with van der Waals surface area (Å²) in [6, 6.07) is 16.3. The van der Waals surface area contributed by atoms with Crippen LogP contribution in [-0.2, 0) is 13.3 Å². The lowest BCUT2D eigenvalue weighted by Crippen LogP contribution is -2.48. The van der Waals surface area contributed by atoms with E-state index in [2.05, 4.69) is 36.0 Å². The molecule has 1 saturated heterocycles. The monoisotopic (exact) mass is 436 g/mol. The van der Waals surface area contributed by atoms with E-state index in [1.165, 1.54) is 17.7 Å². The first-order valence-corrected chi connectivity index (χ1v) is 11.0. The summed E-state index contributed by atoms with van der Waals surface area (Å²) in [4.78, 5) is 16.9. The molecule has 168 valence electrons. The lowest BCUT2D eigenvalue weighted by atomic mass is 10.0. The van der Waals surface area contributed by atoms with Crippen molar-refractivity contribution < 1.29 is 13.9 Å². The Labute approximate surface area is 188 Å². The van der Waals surface area contributed by atoms with E-state index < -0.39 is 0 Å². The Morgan fingerprint density at radius 2 is 1.69 bits per heavy atom. The fraction of sp³-hybridized carbons (Fsp3) is 0.360. The maximum atomic E-state index is 13.1. The Balaban J connectivity index is 1.26. The van der Waals surface area contributed by atoms with Crippen molar-refractivity contribution in [2.45, 2.75) is 33.0 Å². The van der Waals surface area contributed by atoms with Crippen LogP contribution >= 0.6 is 0 Å². The van der Waals surface area contributed by atoms with Crippen molar-refractivity contribution in [1.29, 1.82) is 0 Å². The SMILES string of the molecule is CC(C)c1ccc(OCn2ccc(C(=O)N3CCN(Cc4ccc(F)cc4)CC3)n2)cc1. The van der Waals surface area contributed by atoms with E-state index in [4.69, 9.17) is 4.74 Å². The van der Waals surface area contributed by atoms with Crippen molar-refractivity contribution in [1.82, 2.24) is 19.6 Å². The van der Waals surface area contributed by atoms with E-state index in [1.54, 1.807) is 29.1 Å². The molecule has 3 aromatic rings. The molecule has 0 spiro atoms. The van der Waals surface area contributed by atoms with Crippen LogP contribution in [0.1, 0.15) is 41.4 Å². The van der Waals surface area contributed by atoms with Gasteiger partial charge in [-0.15, -0.1) is 0 Å². The molecule has 2 aromatic carbocycles. The maximum Gasteiger partial charge on any atom is 0.274 e. The maximum absolute atomic E-state index is 13.1. The Morgan fingerprint density at radius 1 is 1.00 bits per heavy atom. The van der Waals surface area contributed by atoms with Gasteiger partial charge in [0.2, 0.25) is 0 Å². The van der Waals surface area contributed by atoms with Gasteiger partial charge >= 0.3 is 0 Å². The molecule has 1 aromatic heterocycles. The molecule has 0 bridgehead atoms. The number of rotatable bonds is 7. The second-order valence-corrected chi connectivity index (χ2v) is 8.43. The molecular formula is C25H29FN4O2. The lowest BCUT2D eigenvalue weighted by molar-refractivity contribution is 0.0620. The van der Waals surface area contributed by atoms with Gasteiger partial charge in [-0.2, -0.15) is 5.10 Å². The number of carbonyl (C=O) groups is 1. The quantitative estimate of drug-likeness (QED) is 0.559. The number of aromatic nitrogens is 2. The second-order valence-electron chi connectivity index (χ2n) is 8.43. The van der Waals surface area contributed by atoms with Gasteiger partial charge in [0.05, 0.1) is 0 Å². The van der Waals surface area contributed by atoms with Crippen LogP contribution in [0.3, 0.4) is 0 Å². The van der Waals surface area contributed by atoms with Crippen LogP contribution in [0.5, 0.6) is 5.75 Å². The van der Waals surface area contributed by atoms with Crippen LogP contribution in [0.15, 0.2) is 60.8 Å². The highest BCUT2D eigenvalue weighted by Gasteiger charge is 2.23. The Kier molecular flexibility index (Phi) is 6.85. The number of benzene rings is 2. The Morgan fingerprint density at radius 3 is 2.34 bits per heavy atom. The fourth-order valence-corrected chi connectivity index (χ4v) is 3.76. The Hall–Kier alpha value is -3.19. The molecule has 1 fully saturated rings. The standard InChI is InChI=1S/C25H29FN4O2/c1-19(2)21-5-9-23(10-6-21)32-18-30-12-11-24(27-30)25(31)29-15-13-28(14-16-29)17-20-3-7-22(26)8-4-20/h3-12,19H,13-18H2,1-2H3. The largest absolute Gasteiger partial charge is 0.471 e. The molecule has 0 unspecified atom stereocenters. The molecule has 32 heavy (non-hydrogen) atoms. The summed E-state index contributed by atoms with van der Waals surface area (Å²) < 4.78 is 20.5. The molecule has 0 radical (unpaired) electrons. The van der Waals surface area contributed by atoms with E-state index in [1.807, 2.05) is 17.0 Å². The van der Waals surface area contributed by atoms with E-state index in [0.717, 1.165) is 30.9 Å². The second kappa shape index (κ2) is 9.96. The van der Waals surface area contributed by atoms with Crippen LogP contribution in [0.4, 0.5) is 4.39 Å². The zero-order chi connectivity index (χ0) is 22.5. The molecule has 0 saturated carbocycles. The van der Waals surface area contributed by atoms with Crippen molar-refractivity contribution >= 4 is 5.91 Å².